The molecule has 0 aliphatic rings. The van der Waals surface area contributed by atoms with E-state index in [1.54, 1.807) is 12.1 Å². The van der Waals surface area contributed by atoms with Crippen LogP contribution in [0.2, 0.25) is 0 Å². The van der Waals surface area contributed by atoms with Gasteiger partial charge >= 0.3 is 0 Å². The molecule has 0 aliphatic carbocycles. The van der Waals surface area contributed by atoms with Crippen LogP contribution in [0.3, 0.4) is 0 Å². The highest BCUT2D eigenvalue weighted by molar-refractivity contribution is 5.80. The van der Waals surface area contributed by atoms with E-state index in [4.69, 9.17) is 5.84 Å². The zero-order valence-corrected chi connectivity index (χ0v) is 12.6. The number of hydrogen-bond donors (Lipinski definition) is 3. The molecular weight excluding hydrogens is 284 g/mol. The van der Waals surface area contributed by atoms with Crippen LogP contribution in [0.25, 0.3) is 0 Å². The SMILES string of the molecule is CC(C)(C)c1nnc(N/N=C/c2ccc(O)cc2)n(N)c1=O. The first-order valence-corrected chi connectivity index (χ1v) is 6.62. The Kier molecular flexibility index (Phi) is 4.11. The van der Waals surface area contributed by atoms with Gasteiger partial charge in [0.25, 0.3) is 11.5 Å². The maximum Gasteiger partial charge on any atom is 0.295 e. The van der Waals surface area contributed by atoms with Gasteiger partial charge in [-0.3, -0.25) is 4.79 Å². The number of nitrogen functional groups attached to an aromatic ring is 1. The summed E-state index contributed by atoms with van der Waals surface area (Å²) in [5.74, 6) is 5.92. The van der Waals surface area contributed by atoms with Gasteiger partial charge in [-0.1, -0.05) is 20.8 Å². The number of aromatic nitrogens is 3. The summed E-state index contributed by atoms with van der Waals surface area (Å²) in [5, 5.41) is 20.9. The van der Waals surface area contributed by atoms with Gasteiger partial charge in [-0.05, 0) is 29.8 Å². The third kappa shape index (κ3) is 3.40. The molecule has 0 amide bonds. The highest BCUT2D eigenvalue weighted by atomic mass is 16.3. The molecule has 1 heterocycles. The van der Waals surface area contributed by atoms with Crippen LogP contribution in [0.4, 0.5) is 5.95 Å². The van der Waals surface area contributed by atoms with Gasteiger partial charge in [0.1, 0.15) is 11.4 Å². The van der Waals surface area contributed by atoms with Gasteiger partial charge in [-0.2, -0.15) is 9.78 Å². The summed E-state index contributed by atoms with van der Waals surface area (Å²) in [7, 11) is 0. The number of anilines is 1. The molecule has 0 aliphatic heterocycles. The Bertz CT molecular complexity index is 743. The summed E-state index contributed by atoms with van der Waals surface area (Å²) in [4.78, 5) is 12.1. The Labute approximate surface area is 127 Å². The van der Waals surface area contributed by atoms with Crippen LogP contribution in [0, 0.1) is 0 Å². The molecule has 2 aromatic rings. The first-order valence-electron chi connectivity index (χ1n) is 6.62. The van der Waals surface area contributed by atoms with Gasteiger partial charge in [0, 0.05) is 5.41 Å². The summed E-state index contributed by atoms with van der Waals surface area (Å²) < 4.78 is 0.877. The fourth-order valence-corrected chi connectivity index (χ4v) is 1.67. The van der Waals surface area contributed by atoms with E-state index in [0.29, 0.717) is 0 Å². The fourth-order valence-electron chi connectivity index (χ4n) is 1.67. The Morgan fingerprint density at radius 1 is 1.27 bits per heavy atom. The van der Waals surface area contributed by atoms with Crippen molar-refractivity contribution in [3.63, 3.8) is 0 Å². The number of rotatable bonds is 3. The van der Waals surface area contributed by atoms with E-state index in [1.807, 2.05) is 20.8 Å². The standard InChI is InChI=1S/C14H18N6O2/c1-14(2,3)11-12(22)20(15)13(19-17-11)18-16-8-9-4-6-10(21)7-5-9/h4-8,21H,15H2,1-3H3,(H,18,19)/b16-8+. The molecule has 0 fully saturated rings. The number of benzene rings is 1. The number of hydrogen-bond acceptors (Lipinski definition) is 7. The zero-order chi connectivity index (χ0) is 16.3. The summed E-state index contributed by atoms with van der Waals surface area (Å²) in [5.41, 5.74) is 2.74. The topological polar surface area (TPSA) is 118 Å². The maximum atomic E-state index is 12.1. The molecule has 0 radical (unpaired) electrons. The molecule has 8 heteroatoms. The quantitative estimate of drug-likeness (QED) is 0.438. The average molecular weight is 302 g/mol. The van der Waals surface area contributed by atoms with Crippen LogP contribution in [-0.2, 0) is 5.41 Å². The highest BCUT2D eigenvalue weighted by Crippen LogP contribution is 2.15. The zero-order valence-electron chi connectivity index (χ0n) is 12.6. The van der Waals surface area contributed by atoms with Gasteiger partial charge in [-0.15, -0.1) is 10.2 Å². The molecule has 8 nitrogen and oxygen atoms in total. The summed E-state index contributed by atoms with van der Waals surface area (Å²) in [6.45, 7) is 5.57. The van der Waals surface area contributed by atoms with Crippen molar-refractivity contribution in [2.24, 2.45) is 5.10 Å². The normalized spacial score (nSPS) is 11.8. The molecular formula is C14H18N6O2. The molecule has 0 bridgehead atoms. The van der Waals surface area contributed by atoms with E-state index in [1.165, 1.54) is 18.3 Å². The second-order valence-corrected chi connectivity index (χ2v) is 5.76. The van der Waals surface area contributed by atoms with Gasteiger partial charge in [0.15, 0.2) is 0 Å². The lowest BCUT2D eigenvalue weighted by atomic mass is 9.93. The van der Waals surface area contributed by atoms with E-state index in [2.05, 4.69) is 20.7 Å². The second-order valence-electron chi connectivity index (χ2n) is 5.76. The number of phenols is 1. The van der Waals surface area contributed by atoms with Crippen LogP contribution >= 0.6 is 0 Å². The van der Waals surface area contributed by atoms with Crippen LogP contribution in [0.5, 0.6) is 5.75 Å². The minimum Gasteiger partial charge on any atom is -0.508 e. The van der Waals surface area contributed by atoms with Gasteiger partial charge < -0.3 is 10.9 Å². The van der Waals surface area contributed by atoms with Crippen molar-refractivity contribution < 1.29 is 5.11 Å². The van der Waals surface area contributed by atoms with Crippen molar-refractivity contribution in [2.45, 2.75) is 26.2 Å². The molecule has 4 N–H and O–H groups in total. The van der Waals surface area contributed by atoms with Gasteiger partial charge in [0.2, 0.25) is 0 Å². The average Bonchev–Trinajstić information content (AvgIpc) is 2.44. The van der Waals surface area contributed by atoms with Crippen LogP contribution in [0.1, 0.15) is 32.0 Å². The molecule has 0 saturated carbocycles. The van der Waals surface area contributed by atoms with E-state index in [0.717, 1.165) is 10.2 Å². The molecule has 0 saturated heterocycles. The number of nitrogens with two attached hydrogens (primary N) is 1. The van der Waals surface area contributed by atoms with Gasteiger partial charge in [-0.25, -0.2) is 5.43 Å². The molecule has 0 spiro atoms. The summed E-state index contributed by atoms with van der Waals surface area (Å²) in [6.07, 6.45) is 1.50. The lowest BCUT2D eigenvalue weighted by Gasteiger charge is -2.16. The minimum absolute atomic E-state index is 0.0352. The molecule has 1 aromatic carbocycles. The van der Waals surface area contributed by atoms with E-state index < -0.39 is 11.0 Å². The van der Waals surface area contributed by atoms with E-state index in [-0.39, 0.29) is 17.4 Å². The maximum absolute atomic E-state index is 12.1. The van der Waals surface area contributed by atoms with Gasteiger partial charge in [0.05, 0.1) is 6.21 Å². The van der Waals surface area contributed by atoms with Crippen molar-refractivity contribution in [3.05, 3.63) is 45.9 Å². The molecule has 2 rings (SSSR count). The van der Waals surface area contributed by atoms with Crippen LogP contribution in [-0.4, -0.2) is 26.2 Å². The Balaban J connectivity index is 2.19. The van der Waals surface area contributed by atoms with Crippen molar-refractivity contribution in [1.29, 1.82) is 0 Å². The van der Waals surface area contributed by atoms with Crippen molar-refractivity contribution in [3.8, 4) is 5.75 Å². The predicted molar refractivity (Wildman–Crippen MR) is 84.5 cm³/mol. The number of nitrogens with one attached hydrogen (secondary N) is 1. The Hall–Kier alpha value is -2.90. The summed E-state index contributed by atoms with van der Waals surface area (Å²) >= 11 is 0. The highest BCUT2D eigenvalue weighted by Gasteiger charge is 2.22. The minimum atomic E-state index is -0.445. The Morgan fingerprint density at radius 2 is 1.91 bits per heavy atom. The molecule has 0 atom stereocenters. The first-order chi connectivity index (χ1) is 10.3. The molecule has 22 heavy (non-hydrogen) atoms. The monoisotopic (exact) mass is 302 g/mol. The second kappa shape index (κ2) is 5.84. The van der Waals surface area contributed by atoms with Crippen LogP contribution < -0.4 is 16.8 Å². The lowest BCUT2D eigenvalue weighted by molar-refractivity contribution is 0.475. The first kappa shape index (κ1) is 15.5. The number of aromatic hydroxyl groups is 1. The van der Waals surface area contributed by atoms with Crippen molar-refractivity contribution in [1.82, 2.24) is 14.9 Å². The number of nitrogens with zero attached hydrogens (tertiary/aromatic N) is 4. The number of hydrazone groups is 1. The fraction of sp³-hybridized carbons (Fsp3) is 0.286. The largest absolute Gasteiger partial charge is 0.508 e. The van der Waals surface area contributed by atoms with Crippen molar-refractivity contribution in [2.75, 3.05) is 11.3 Å². The lowest BCUT2D eigenvalue weighted by Crippen LogP contribution is -2.38. The van der Waals surface area contributed by atoms with E-state index in [9.17, 15) is 9.90 Å². The molecule has 1 aromatic heterocycles. The van der Waals surface area contributed by atoms with E-state index >= 15 is 0 Å². The smallest absolute Gasteiger partial charge is 0.295 e. The van der Waals surface area contributed by atoms with Crippen LogP contribution in [0.15, 0.2) is 34.2 Å². The van der Waals surface area contributed by atoms with Crippen molar-refractivity contribution >= 4 is 12.2 Å². The third-order valence-corrected chi connectivity index (χ3v) is 2.88. The molecule has 116 valence electrons. The summed E-state index contributed by atoms with van der Waals surface area (Å²) in [6, 6.07) is 6.45. The Morgan fingerprint density at radius 3 is 2.50 bits per heavy atom. The third-order valence-electron chi connectivity index (χ3n) is 2.88. The molecule has 0 unspecified atom stereocenters. The predicted octanol–water partition coefficient (Wildman–Crippen LogP) is 0.801. The number of phenolic OH excluding ortho intramolecular Hbond substituents is 1.